The molecule has 3 rings (SSSR count). The first-order valence-corrected chi connectivity index (χ1v) is 9.58. The van der Waals surface area contributed by atoms with Crippen molar-refractivity contribution in [1.29, 1.82) is 0 Å². The number of aromatic nitrogens is 2. The Morgan fingerprint density at radius 1 is 1.33 bits per heavy atom. The second kappa shape index (κ2) is 10.9. The van der Waals surface area contributed by atoms with Crippen molar-refractivity contribution in [2.45, 2.75) is 32.1 Å². The summed E-state index contributed by atoms with van der Waals surface area (Å²) < 4.78 is 44.6. The Morgan fingerprint density at radius 3 is 2.77 bits per heavy atom. The van der Waals surface area contributed by atoms with Gasteiger partial charge in [0.15, 0.2) is 12.6 Å². The summed E-state index contributed by atoms with van der Waals surface area (Å²) in [6.45, 7) is 2.88. The molecule has 2 unspecified atom stereocenters. The molecule has 2 aromatic rings. The first kappa shape index (κ1) is 24.3. The molecule has 2 heterocycles. The zero-order valence-corrected chi connectivity index (χ0v) is 19.3. The number of alkyl halides is 3. The number of para-hydroxylation sites is 1. The summed E-state index contributed by atoms with van der Waals surface area (Å²) in [5.41, 5.74) is 0.648. The maximum atomic E-state index is 12.5. The van der Waals surface area contributed by atoms with E-state index in [-0.39, 0.29) is 35.8 Å². The van der Waals surface area contributed by atoms with E-state index in [1.54, 1.807) is 37.5 Å². The second-order valence-electron chi connectivity index (χ2n) is 7.20. The van der Waals surface area contributed by atoms with E-state index in [2.05, 4.69) is 31.7 Å². The highest BCUT2D eigenvalue weighted by atomic mass is 127. The average molecular weight is 537 g/mol. The normalized spacial score (nSPS) is 19.9. The molecule has 1 aliphatic rings. The number of hydrogen-bond acceptors (Lipinski definition) is 3. The number of benzene rings is 1. The van der Waals surface area contributed by atoms with Gasteiger partial charge in [0.05, 0.1) is 12.4 Å². The van der Waals surface area contributed by atoms with Crippen LogP contribution in [0.5, 0.6) is 5.75 Å². The number of nitrogens with one attached hydrogen (secondary N) is 1. The van der Waals surface area contributed by atoms with Crippen LogP contribution in [0.4, 0.5) is 13.2 Å². The Kier molecular flexibility index (Phi) is 8.80. The first-order chi connectivity index (χ1) is 13.9. The predicted molar refractivity (Wildman–Crippen MR) is 120 cm³/mol. The average Bonchev–Trinajstić information content (AvgIpc) is 3.22. The number of hydrogen-bond donors (Lipinski definition) is 1. The molecular weight excluding hydrogens is 510 g/mol. The van der Waals surface area contributed by atoms with Gasteiger partial charge in [-0.2, -0.15) is 13.2 Å². The third-order valence-electron chi connectivity index (χ3n) is 5.14. The van der Waals surface area contributed by atoms with Crippen LogP contribution in [-0.4, -0.2) is 53.3 Å². The summed E-state index contributed by atoms with van der Waals surface area (Å²) in [5.74, 6) is 1.44. The smallest absolute Gasteiger partial charge is 0.422 e. The number of guanidine groups is 1. The Hall–Kier alpha value is -1.98. The van der Waals surface area contributed by atoms with E-state index in [0.29, 0.717) is 24.0 Å². The fourth-order valence-electron chi connectivity index (χ4n) is 3.55. The standard InChI is InChI=1S/C20H26F3N5O.HI/c1-15-7-9-27(12-17(15)28-10-8-25-14-28)19(24-2)26-11-16-5-3-4-6-18(16)29-13-20(21,22)23;/h3-6,8,10,14-15,17H,7,9,11-13H2,1-2H3,(H,24,26);1H. The topological polar surface area (TPSA) is 54.7 Å². The molecule has 6 nitrogen and oxygen atoms in total. The summed E-state index contributed by atoms with van der Waals surface area (Å²) >= 11 is 0. The summed E-state index contributed by atoms with van der Waals surface area (Å²) in [5, 5.41) is 3.26. The van der Waals surface area contributed by atoms with E-state index >= 15 is 0 Å². The highest BCUT2D eigenvalue weighted by Crippen LogP contribution is 2.27. The van der Waals surface area contributed by atoms with Crippen molar-refractivity contribution in [3.8, 4) is 5.75 Å². The second-order valence-corrected chi connectivity index (χ2v) is 7.20. The van der Waals surface area contributed by atoms with Crippen LogP contribution in [0.3, 0.4) is 0 Å². The minimum Gasteiger partial charge on any atom is -0.484 e. The molecule has 1 fully saturated rings. The fourth-order valence-corrected chi connectivity index (χ4v) is 3.55. The number of imidazole rings is 1. The van der Waals surface area contributed by atoms with E-state index in [9.17, 15) is 13.2 Å². The van der Waals surface area contributed by atoms with Gasteiger partial charge in [0.1, 0.15) is 5.75 Å². The van der Waals surface area contributed by atoms with E-state index in [1.807, 2.05) is 12.5 Å². The number of piperidine rings is 1. The van der Waals surface area contributed by atoms with Crippen LogP contribution in [0.15, 0.2) is 48.0 Å². The molecule has 1 N–H and O–H groups in total. The molecule has 0 bridgehead atoms. The molecule has 10 heteroatoms. The Labute approximate surface area is 191 Å². The van der Waals surface area contributed by atoms with Crippen molar-refractivity contribution in [1.82, 2.24) is 19.8 Å². The number of nitrogens with zero attached hydrogens (tertiary/aromatic N) is 4. The number of likely N-dealkylation sites (tertiary alicyclic amines) is 1. The summed E-state index contributed by atoms with van der Waals surface area (Å²) in [4.78, 5) is 10.7. The highest BCUT2D eigenvalue weighted by Gasteiger charge is 2.30. The van der Waals surface area contributed by atoms with Gasteiger partial charge in [0, 0.05) is 44.6 Å². The van der Waals surface area contributed by atoms with Crippen molar-refractivity contribution in [2.75, 3.05) is 26.7 Å². The van der Waals surface area contributed by atoms with Gasteiger partial charge in [0.2, 0.25) is 0 Å². The quantitative estimate of drug-likeness (QED) is 0.355. The SMILES string of the molecule is CN=C(NCc1ccccc1OCC(F)(F)F)N1CCC(C)C(n2ccnc2)C1.I. The van der Waals surface area contributed by atoms with Gasteiger partial charge in [-0.15, -0.1) is 24.0 Å². The lowest BCUT2D eigenvalue weighted by Gasteiger charge is -2.39. The Balaban J connectivity index is 0.00000320. The van der Waals surface area contributed by atoms with Gasteiger partial charge in [-0.1, -0.05) is 25.1 Å². The van der Waals surface area contributed by atoms with Crippen molar-refractivity contribution < 1.29 is 17.9 Å². The fraction of sp³-hybridized carbons (Fsp3) is 0.500. The van der Waals surface area contributed by atoms with Gasteiger partial charge in [-0.05, 0) is 18.4 Å². The lowest BCUT2D eigenvalue weighted by atomic mass is 9.93. The lowest BCUT2D eigenvalue weighted by Crippen LogP contribution is -2.48. The highest BCUT2D eigenvalue weighted by molar-refractivity contribution is 14.0. The Morgan fingerprint density at radius 2 is 2.10 bits per heavy atom. The van der Waals surface area contributed by atoms with Crippen LogP contribution in [0, 0.1) is 5.92 Å². The van der Waals surface area contributed by atoms with Crippen LogP contribution in [-0.2, 0) is 6.54 Å². The third-order valence-corrected chi connectivity index (χ3v) is 5.14. The molecule has 166 valence electrons. The van der Waals surface area contributed by atoms with Gasteiger partial charge < -0.3 is 19.5 Å². The summed E-state index contributed by atoms with van der Waals surface area (Å²) in [6, 6.07) is 7.01. The molecule has 1 aromatic carbocycles. The van der Waals surface area contributed by atoms with E-state index in [0.717, 1.165) is 19.5 Å². The third kappa shape index (κ3) is 6.51. The molecular formula is C20H27F3IN5O. The zero-order chi connectivity index (χ0) is 20.9. The largest absolute Gasteiger partial charge is 0.484 e. The van der Waals surface area contributed by atoms with Gasteiger partial charge in [-0.3, -0.25) is 4.99 Å². The lowest BCUT2D eigenvalue weighted by molar-refractivity contribution is -0.153. The monoisotopic (exact) mass is 537 g/mol. The van der Waals surface area contributed by atoms with Crippen molar-refractivity contribution in [3.05, 3.63) is 48.5 Å². The van der Waals surface area contributed by atoms with Crippen molar-refractivity contribution >= 4 is 29.9 Å². The molecule has 0 saturated carbocycles. The maximum Gasteiger partial charge on any atom is 0.422 e. The number of aliphatic imine (C=N–C) groups is 1. The summed E-state index contributed by atoms with van der Waals surface area (Å²) in [6.07, 6.45) is 2.21. The number of rotatable bonds is 5. The van der Waals surface area contributed by atoms with Gasteiger partial charge in [-0.25, -0.2) is 4.98 Å². The molecule has 0 spiro atoms. The molecule has 0 aliphatic carbocycles. The van der Waals surface area contributed by atoms with Gasteiger partial charge in [0.25, 0.3) is 0 Å². The molecule has 0 amide bonds. The van der Waals surface area contributed by atoms with E-state index < -0.39 is 12.8 Å². The number of halogens is 4. The number of ether oxygens (including phenoxy) is 1. The molecule has 2 atom stereocenters. The molecule has 1 aliphatic heterocycles. The van der Waals surface area contributed by atoms with Crippen LogP contribution in [0.25, 0.3) is 0 Å². The predicted octanol–water partition coefficient (Wildman–Crippen LogP) is 4.10. The van der Waals surface area contributed by atoms with Crippen LogP contribution in [0.1, 0.15) is 24.9 Å². The molecule has 0 radical (unpaired) electrons. The van der Waals surface area contributed by atoms with Crippen LogP contribution >= 0.6 is 24.0 Å². The molecule has 1 saturated heterocycles. The van der Waals surface area contributed by atoms with Crippen LogP contribution < -0.4 is 10.1 Å². The molecule has 1 aromatic heterocycles. The minimum atomic E-state index is -4.37. The maximum absolute atomic E-state index is 12.5. The van der Waals surface area contributed by atoms with Crippen molar-refractivity contribution in [3.63, 3.8) is 0 Å². The molecule has 30 heavy (non-hydrogen) atoms. The zero-order valence-electron chi connectivity index (χ0n) is 17.0. The van der Waals surface area contributed by atoms with Gasteiger partial charge >= 0.3 is 6.18 Å². The summed E-state index contributed by atoms with van der Waals surface area (Å²) in [7, 11) is 1.71. The first-order valence-electron chi connectivity index (χ1n) is 9.58. The minimum absolute atomic E-state index is 0. The van der Waals surface area contributed by atoms with Crippen molar-refractivity contribution in [2.24, 2.45) is 10.9 Å². The van der Waals surface area contributed by atoms with E-state index in [4.69, 9.17) is 4.74 Å². The Bertz CT molecular complexity index is 813. The van der Waals surface area contributed by atoms with Crippen LogP contribution in [0.2, 0.25) is 0 Å². The van der Waals surface area contributed by atoms with E-state index in [1.165, 1.54) is 0 Å².